The number of nitrogens with one attached hydrogen (secondary N) is 1. The van der Waals surface area contributed by atoms with Crippen molar-refractivity contribution in [3.63, 3.8) is 0 Å². The summed E-state index contributed by atoms with van der Waals surface area (Å²) < 4.78 is 34.5. The number of sulfonamides is 1. The molecule has 0 atom stereocenters. The zero-order valence-corrected chi connectivity index (χ0v) is 27.1. The molecule has 2 amide bonds. The van der Waals surface area contributed by atoms with Gasteiger partial charge in [0, 0.05) is 26.7 Å². The second-order valence-electron chi connectivity index (χ2n) is 9.42. The van der Waals surface area contributed by atoms with Crippen LogP contribution in [0.1, 0.15) is 27.0 Å². The van der Waals surface area contributed by atoms with Crippen molar-refractivity contribution in [2.45, 2.75) is 19.5 Å². The van der Waals surface area contributed by atoms with E-state index in [0.717, 1.165) is 14.7 Å². The lowest BCUT2D eigenvalue weighted by Gasteiger charge is -2.22. The first-order valence-corrected chi connectivity index (χ1v) is 16.4. The standard InChI is InChI=1S/C31H26BrIN2O7S/c32-27-18-22(12-13-23(27)19-35(30(37)31(38)39)20-24-6-4-5-9-28(24)33)29(36)34-43(40,41)17-16-21-10-14-26(15-11-21)42-25-7-2-1-3-8-25/h1-15,18H,16-17,19-20H2,(H,34,36)(H,38,39). The Bertz CT molecular complexity index is 1730. The minimum absolute atomic E-state index is 0.0495. The Labute approximate surface area is 271 Å². The molecule has 0 bridgehead atoms. The van der Waals surface area contributed by atoms with E-state index in [-0.39, 0.29) is 30.8 Å². The van der Waals surface area contributed by atoms with Crippen molar-refractivity contribution in [1.82, 2.24) is 9.62 Å². The van der Waals surface area contributed by atoms with Crippen molar-refractivity contribution in [2.24, 2.45) is 0 Å². The summed E-state index contributed by atoms with van der Waals surface area (Å²) in [5.74, 6) is -2.46. The van der Waals surface area contributed by atoms with Crippen LogP contribution in [0.2, 0.25) is 0 Å². The molecule has 0 spiro atoms. The first-order chi connectivity index (χ1) is 20.5. The highest BCUT2D eigenvalue weighted by atomic mass is 127. The number of hydrogen-bond acceptors (Lipinski definition) is 6. The van der Waals surface area contributed by atoms with Crippen LogP contribution in [0.15, 0.2) is 102 Å². The second kappa shape index (κ2) is 14.6. The molecule has 222 valence electrons. The van der Waals surface area contributed by atoms with Gasteiger partial charge in [-0.3, -0.25) is 9.59 Å². The van der Waals surface area contributed by atoms with Gasteiger partial charge in [0.15, 0.2) is 0 Å². The predicted molar refractivity (Wildman–Crippen MR) is 173 cm³/mol. The Hall–Kier alpha value is -3.75. The fourth-order valence-corrected chi connectivity index (χ4v) is 6.11. The van der Waals surface area contributed by atoms with Gasteiger partial charge in [0.2, 0.25) is 10.0 Å². The second-order valence-corrected chi connectivity index (χ2v) is 13.3. The quantitative estimate of drug-likeness (QED) is 0.146. The van der Waals surface area contributed by atoms with Crippen LogP contribution in [0.3, 0.4) is 0 Å². The lowest BCUT2D eigenvalue weighted by molar-refractivity contribution is -0.156. The molecule has 0 unspecified atom stereocenters. The van der Waals surface area contributed by atoms with Gasteiger partial charge in [-0.15, -0.1) is 0 Å². The number of carbonyl (C=O) groups is 3. The van der Waals surface area contributed by atoms with Crippen LogP contribution in [-0.4, -0.2) is 42.0 Å². The fourth-order valence-electron chi connectivity index (χ4n) is 4.04. The molecule has 43 heavy (non-hydrogen) atoms. The van der Waals surface area contributed by atoms with E-state index in [4.69, 9.17) is 4.74 Å². The lowest BCUT2D eigenvalue weighted by Crippen LogP contribution is -2.36. The summed E-state index contributed by atoms with van der Waals surface area (Å²) in [7, 11) is -3.95. The van der Waals surface area contributed by atoms with Crippen molar-refractivity contribution in [3.8, 4) is 11.5 Å². The van der Waals surface area contributed by atoms with E-state index in [1.807, 2.05) is 48.5 Å². The number of nitrogens with zero attached hydrogens (tertiary/aromatic N) is 1. The topological polar surface area (TPSA) is 130 Å². The van der Waals surface area contributed by atoms with Crippen molar-refractivity contribution in [1.29, 1.82) is 0 Å². The average molecular weight is 777 g/mol. The van der Waals surface area contributed by atoms with Gasteiger partial charge in [-0.1, -0.05) is 70.5 Å². The van der Waals surface area contributed by atoms with E-state index in [1.165, 1.54) is 17.0 Å². The van der Waals surface area contributed by atoms with Crippen LogP contribution in [0.5, 0.6) is 11.5 Å². The summed E-state index contributed by atoms with van der Waals surface area (Å²) in [6.45, 7) is 0.0199. The molecule has 0 aliphatic carbocycles. The van der Waals surface area contributed by atoms with Crippen LogP contribution < -0.4 is 9.46 Å². The number of para-hydroxylation sites is 1. The number of hydrogen-bond donors (Lipinski definition) is 2. The number of halogens is 2. The Morgan fingerprint density at radius 2 is 1.47 bits per heavy atom. The molecular formula is C31H26BrIN2O7S. The van der Waals surface area contributed by atoms with E-state index in [1.54, 1.807) is 36.4 Å². The number of benzene rings is 4. The zero-order valence-electron chi connectivity index (χ0n) is 22.6. The highest BCUT2D eigenvalue weighted by Crippen LogP contribution is 2.24. The first-order valence-electron chi connectivity index (χ1n) is 12.9. The molecule has 0 aromatic heterocycles. The largest absolute Gasteiger partial charge is 0.474 e. The fraction of sp³-hybridized carbons (Fsp3) is 0.129. The maximum atomic E-state index is 12.8. The normalized spacial score (nSPS) is 11.0. The molecule has 12 heteroatoms. The number of aliphatic carboxylic acids is 1. The molecule has 4 aromatic carbocycles. The summed E-state index contributed by atoms with van der Waals surface area (Å²) in [6, 6.07) is 28.0. The number of amides is 2. The summed E-state index contributed by atoms with van der Waals surface area (Å²) in [5, 5.41) is 9.33. The summed E-state index contributed by atoms with van der Waals surface area (Å²) in [5.41, 5.74) is 2.16. The molecule has 4 aromatic rings. The smallest absolute Gasteiger partial charge is 0.394 e. The summed E-state index contributed by atoms with van der Waals surface area (Å²) in [4.78, 5) is 37.9. The highest BCUT2D eigenvalue weighted by Gasteiger charge is 2.24. The van der Waals surface area contributed by atoms with Crippen LogP contribution in [-0.2, 0) is 39.1 Å². The van der Waals surface area contributed by atoms with Crippen molar-refractivity contribution in [2.75, 3.05) is 5.75 Å². The molecule has 0 heterocycles. The third-order valence-corrected chi connectivity index (χ3v) is 9.30. The minimum Gasteiger partial charge on any atom is -0.474 e. The number of ether oxygens (including phenoxy) is 1. The van der Waals surface area contributed by atoms with Crippen LogP contribution in [0.4, 0.5) is 0 Å². The molecule has 0 aliphatic heterocycles. The van der Waals surface area contributed by atoms with Gasteiger partial charge in [-0.25, -0.2) is 17.9 Å². The molecule has 9 nitrogen and oxygen atoms in total. The molecule has 0 fully saturated rings. The van der Waals surface area contributed by atoms with Gasteiger partial charge in [0.05, 0.1) is 5.75 Å². The number of rotatable bonds is 11. The molecule has 4 rings (SSSR count). The van der Waals surface area contributed by atoms with Crippen molar-refractivity contribution >= 4 is 66.3 Å². The van der Waals surface area contributed by atoms with Gasteiger partial charge < -0.3 is 14.7 Å². The first kappa shape index (κ1) is 32.2. The zero-order chi connectivity index (χ0) is 31.0. The maximum Gasteiger partial charge on any atom is 0.394 e. The monoisotopic (exact) mass is 776 g/mol. The lowest BCUT2D eigenvalue weighted by atomic mass is 10.1. The van der Waals surface area contributed by atoms with E-state index < -0.39 is 27.8 Å². The Morgan fingerprint density at radius 3 is 2.12 bits per heavy atom. The summed E-state index contributed by atoms with van der Waals surface area (Å²) >= 11 is 5.49. The number of aryl methyl sites for hydroxylation is 1. The van der Waals surface area contributed by atoms with Crippen molar-refractivity contribution in [3.05, 3.63) is 127 Å². The van der Waals surface area contributed by atoms with Crippen LogP contribution in [0, 0.1) is 3.57 Å². The van der Waals surface area contributed by atoms with Crippen LogP contribution in [0.25, 0.3) is 0 Å². The predicted octanol–water partition coefficient (Wildman–Crippen LogP) is 5.76. The third kappa shape index (κ3) is 9.37. The van der Waals surface area contributed by atoms with Gasteiger partial charge in [-0.05, 0) is 88.2 Å². The van der Waals surface area contributed by atoms with E-state index >= 15 is 0 Å². The minimum atomic E-state index is -3.95. The Morgan fingerprint density at radius 1 is 0.837 bits per heavy atom. The van der Waals surface area contributed by atoms with E-state index in [2.05, 4.69) is 43.2 Å². The van der Waals surface area contributed by atoms with E-state index in [0.29, 0.717) is 21.5 Å². The maximum absolute atomic E-state index is 12.8. The number of carboxylic acids is 1. The van der Waals surface area contributed by atoms with Gasteiger partial charge in [0.25, 0.3) is 5.91 Å². The number of carbonyl (C=O) groups excluding carboxylic acids is 2. The molecule has 0 aliphatic rings. The SMILES string of the molecule is O=C(O)C(=O)N(Cc1ccc(C(=O)NS(=O)(=O)CCc2ccc(Oc3ccccc3)cc2)cc1Br)Cc1ccccc1I. The summed E-state index contributed by atoms with van der Waals surface area (Å²) in [6.07, 6.45) is 0.185. The van der Waals surface area contributed by atoms with E-state index in [9.17, 15) is 27.9 Å². The molecule has 0 radical (unpaired) electrons. The Balaban J connectivity index is 1.37. The molecule has 0 saturated heterocycles. The van der Waals surface area contributed by atoms with Gasteiger partial charge in [0.1, 0.15) is 11.5 Å². The van der Waals surface area contributed by atoms with Gasteiger partial charge in [-0.2, -0.15) is 0 Å². The highest BCUT2D eigenvalue weighted by molar-refractivity contribution is 14.1. The third-order valence-electron chi connectivity index (χ3n) is 6.28. The molecule has 0 saturated carbocycles. The molecule has 2 N–H and O–H groups in total. The van der Waals surface area contributed by atoms with Crippen LogP contribution >= 0.6 is 38.5 Å². The molecular weight excluding hydrogens is 751 g/mol. The number of carboxylic acid groups (broad SMARTS) is 1. The van der Waals surface area contributed by atoms with Gasteiger partial charge >= 0.3 is 11.9 Å². The Kier molecular flexibility index (Phi) is 10.9. The van der Waals surface area contributed by atoms with Crippen molar-refractivity contribution < 1.29 is 32.6 Å². The average Bonchev–Trinajstić information content (AvgIpc) is 2.98.